The SMILES string of the molecule is CC#CCCN1C(=O)c2cccnc2C1=O. The van der Waals surface area contributed by atoms with Crippen LogP contribution in [-0.2, 0) is 0 Å². The van der Waals surface area contributed by atoms with Crippen molar-refractivity contribution in [2.75, 3.05) is 6.54 Å². The van der Waals surface area contributed by atoms with Crippen LogP contribution in [0.1, 0.15) is 34.2 Å². The lowest BCUT2D eigenvalue weighted by Gasteiger charge is -2.10. The molecule has 0 atom stereocenters. The maximum Gasteiger partial charge on any atom is 0.280 e. The molecular weight excluding hydrogens is 204 g/mol. The summed E-state index contributed by atoms with van der Waals surface area (Å²) in [7, 11) is 0. The van der Waals surface area contributed by atoms with Gasteiger partial charge in [0, 0.05) is 19.2 Å². The fourth-order valence-electron chi connectivity index (χ4n) is 1.61. The van der Waals surface area contributed by atoms with E-state index in [0.29, 0.717) is 18.5 Å². The molecule has 1 aromatic heterocycles. The Hall–Kier alpha value is -2.15. The molecule has 0 aliphatic carbocycles. The number of hydrogen-bond donors (Lipinski definition) is 0. The highest BCUT2D eigenvalue weighted by Gasteiger charge is 2.35. The van der Waals surface area contributed by atoms with Crippen LogP contribution in [0.3, 0.4) is 0 Å². The standard InChI is InChI=1S/C12H10N2O2/c1-2-3-4-8-14-11(15)9-6-5-7-13-10(9)12(14)16/h5-7H,4,8H2,1H3. The van der Waals surface area contributed by atoms with Gasteiger partial charge in [-0.25, -0.2) is 0 Å². The number of imide groups is 1. The number of amides is 2. The Bertz CT molecular complexity index is 476. The molecule has 0 fully saturated rings. The molecular formula is C12H10N2O2. The summed E-state index contributed by atoms with van der Waals surface area (Å²) in [5, 5.41) is 0. The minimum Gasteiger partial charge on any atom is -0.272 e. The highest BCUT2D eigenvalue weighted by atomic mass is 16.2. The molecule has 0 spiro atoms. The van der Waals surface area contributed by atoms with Gasteiger partial charge >= 0.3 is 0 Å². The number of hydrogen-bond acceptors (Lipinski definition) is 3. The second kappa shape index (κ2) is 4.15. The van der Waals surface area contributed by atoms with Gasteiger partial charge in [0.2, 0.25) is 0 Å². The van der Waals surface area contributed by atoms with Gasteiger partial charge in [0.1, 0.15) is 5.69 Å². The lowest BCUT2D eigenvalue weighted by atomic mass is 10.2. The first-order valence-corrected chi connectivity index (χ1v) is 4.96. The highest BCUT2D eigenvalue weighted by molar-refractivity contribution is 6.20. The molecule has 1 aliphatic heterocycles. The fourth-order valence-corrected chi connectivity index (χ4v) is 1.61. The van der Waals surface area contributed by atoms with Crippen LogP contribution >= 0.6 is 0 Å². The van der Waals surface area contributed by atoms with Gasteiger partial charge in [-0.3, -0.25) is 19.5 Å². The van der Waals surface area contributed by atoms with E-state index >= 15 is 0 Å². The summed E-state index contributed by atoms with van der Waals surface area (Å²) in [5.74, 6) is 4.96. The predicted molar refractivity (Wildman–Crippen MR) is 57.7 cm³/mol. The van der Waals surface area contributed by atoms with Crippen LogP contribution in [0.15, 0.2) is 18.3 Å². The monoisotopic (exact) mass is 214 g/mol. The Morgan fingerprint density at radius 3 is 2.88 bits per heavy atom. The van der Waals surface area contributed by atoms with Crippen LogP contribution in [0, 0.1) is 11.8 Å². The molecule has 0 bridgehead atoms. The number of carbonyl (C=O) groups excluding carboxylic acids is 2. The normalized spacial score (nSPS) is 13.4. The Morgan fingerprint density at radius 2 is 2.19 bits per heavy atom. The van der Waals surface area contributed by atoms with E-state index in [-0.39, 0.29) is 17.5 Å². The zero-order valence-electron chi connectivity index (χ0n) is 8.86. The Labute approximate surface area is 93.3 Å². The second-order valence-corrected chi connectivity index (χ2v) is 3.34. The summed E-state index contributed by atoms with van der Waals surface area (Å²) in [6.45, 7) is 2.05. The second-order valence-electron chi connectivity index (χ2n) is 3.34. The van der Waals surface area contributed by atoms with Crippen LogP contribution in [-0.4, -0.2) is 28.2 Å². The van der Waals surface area contributed by atoms with Crippen molar-refractivity contribution in [3.05, 3.63) is 29.6 Å². The van der Waals surface area contributed by atoms with Gasteiger partial charge < -0.3 is 0 Å². The summed E-state index contributed by atoms with van der Waals surface area (Å²) >= 11 is 0. The van der Waals surface area contributed by atoms with E-state index in [4.69, 9.17) is 0 Å². The van der Waals surface area contributed by atoms with Gasteiger partial charge in [0.25, 0.3) is 11.8 Å². The predicted octanol–water partition coefficient (Wildman–Crippen LogP) is 1.09. The number of aromatic nitrogens is 1. The van der Waals surface area contributed by atoms with Crippen molar-refractivity contribution in [2.24, 2.45) is 0 Å². The van der Waals surface area contributed by atoms with E-state index in [1.807, 2.05) is 0 Å². The number of fused-ring (bicyclic) bond motifs is 1. The quantitative estimate of drug-likeness (QED) is 0.547. The topological polar surface area (TPSA) is 50.3 Å². The molecule has 0 saturated heterocycles. The zero-order chi connectivity index (χ0) is 11.5. The van der Waals surface area contributed by atoms with Crippen molar-refractivity contribution in [3.63, 3.8) is 0 Å². The first-order chi connectivity index (χ1) is 7.75. The maximum atomic E-state index is 11.8. The molecule has 2 rings (SSSR count). The van der Waals surface area contributed by atoms with Gasteiger partial charge in [-0.2, -0.15) is 0 Å². The van der Waals surface area contributed by atoms with Crippen molar-refractivity contribution in [2.45, 2.75) is 13.3 Å². The molecule has 4 nitrogen and oxygen atoms in total. The van der Waals surface area contributed by atoms with E-state index < -0.39 is 0 Å². The fraction of sp³-hybridized carbons (Fsp3) is 0.250. The number of rotatable bonds is 2. The average molecular weight is 214 g/mol. The molecule has 2 amide bonds. The zero-order valence-corrected chi connectivity index (χ0v) is 8.86. The number of nitrogens with zero attached hydrogens (tertiary/aromatic N) is 2. The maximum absolute atomic E-state index is 11.8. The van der Waals surface area contributed by atoms with Crippen molar-refractivity contribution >= 4 is 11.8 Å². The third kappa shape index (κ3) is 1.57. The smallest absolute Gasteiger partial charge is 0.272 e. The minimum absolute atomic E-state index is 0.247. The van der Waals surface area contributed by atoms with Crippen LogP contribution in [0.5, 0.6) is 0 Å². The molecule has 0 N–H and O–H groups in total. The van der Waals surface area contributed by atoms with Crippen LogP contribution < -0.4 is 0 Å². The lowest BCUT2D eigenvalue weighted by molar-refractivity contribution is 0.0656. The Balaban J connectivity index is 2.24. The van der Waals surface area contributed by atoms with E-state index in [1.54, 1.807) is 19.1 Å². The van der Waals surface area contributed by atoms with E-state index in [1.165, 1.54) is 11.1 Å². The van der Waals surface area contributed by atoms with Crippen molar-refractivity contribution in [3.8, 4) is 11.8 Å². The molecule has 0 aromatic carbocycles. The molecule has 16 heavy (non-hydrogen) atoms. The van der Waals surface area contributed by atoms with Gasteiger partial charge in [0.05, 0.1) is 5.56 Å². The van der Waals surface area contributed by atoms with Gasteiger partial charge in [-0.05, 0) is 19.1 Å². The minimum atomic E-state index is -0.321. The van der Waals surface area contributed by atoms with Gasteiger partial charge in [0.15, 0.2) is 0 Å². The molecule has 2 heterocycles. The van der Waals surface area contributed by atoms with Crippen LogP contribution in [0.4, 0.5) is 0 Å². The van der Waals surface area contributed by atoms with Gasteiger partial charge in [-0.15, -0.1) is 11.8 Å². The summed E-state index contributed by atoms with van der Waals surface area (Å²) < 4.78 is 0. The Morgan fingerprint density at radius 1 is 1.38 bits per heavy atom. The molecule has 0 unspecified atom stereocenters. The number of carbonyl (C=O) groups is 2. The van der Waals surface area contributed by atoms with Crippen molar-refractivity contribution in [1.82, 2.24) is 9.88 Å². The third-order valence-electron chi connectivity index (χ3n) is 2.37. The van der Waals surface area contributed by atoms with E-state index in [0.717, 1.165) is 0 Å². The average Bonchev–Trinajstić information content (AvgIpc) is 2.55. The lowest BCUT2D eigenvalue weighted by Crippen LogP contribution is -2.30. The first kappa shape index (κ1) is 10.4. The summed E-state index contributed by atoms with van der Waals surface area (Å²) in [6.07, 6.45) is 2.02. The van der Waals surface area contributed by atoms with E-state index in [9.17, 15) is 9.59 Å². The van der Waals surface area contributed by atoms with Crippen LogP contribution in [0.25, 0.3) is 0 Å². The van der Waals surface area contributed by atoms with Crippen molar-refractivity contribution in [1.29, 1.82) is 0 Å². The molecule has 1 aliphatic rings. The first-order valence-electron chi connectivity index (χ1n) is 4.96. The molecule has 0 saturated carbocycles. The molecule has 80 valence electrons. The summed E-state index contributed by atoms with van der Waals surface area (Å²) in [5.41, 5.74) is 0.633. The molecule has 4 heteroatoms. The number of pyridine rings is 1. The largest absolute Gasteiger partial charge is 0.280 e. The summed E-state index contributed by atoms with van der Waals surface area (Å²) in [6, 6.07) is 3.27. The van der Waals surface area contributed by atoms with E-state index in [2.05, 4.69) is 16.8 Å². The molecule has 1 aromatic rings. The van der Waals surface area contributed by atoms with Crippen molar-refractivity contribution < 1.29 is 9.59 Å². The third-order valence-corrected chi connectivity index (χ3v) is 2.37. The summed E-state index contributed by atoms with van der Waals surface area (Å²) in [4.78, 5) is 28.7. The Kier molecular flexibility index (Phi) is 2.69. The molecule has 0 radical (unpaired) electrons. The highest BCUT2D eigenvalue weighted by Crippen LogP contribution is 2.20. The van der Waals surface area contributed by atoms with Crippen LogP contribution in [0.2, 0.25) is 0 Å². The van der Waals surface area contributed by atoms with Gasteiger partial charge in [-0.1, -0.05) is 0 Å².